The summed E-state index contributed by atoms with van der Waals surface area (Å²) in [5.41, 5.74) is 0.0259. The molecule has 1 saturated heterocycles. The molecule has 1 aliphatic rings. The van der Waals surface area contributed by atoms with Crippen LogP contribution in [0.15, 0.2) is 12.3 Å². The first kappa shape index (κ1) is 15.3. The Labute approximate surface area is 119 Å². The molecule has 114 valence electrons. The lowest BCUT2D eigenvalue weighted by Crippen LogP contribution is -2.50. The second-order valence-corrected chi connectivity index (χ2v) is 5.99. The molecule has 1 aliphatic heterocycles. The van der Waals surface area contributed by atoms with E-state index in [1.807, 2.05) is 0 Å². The van der Waals surface area contributed by atoms with Gasteiger partial charge in [-0.15, -0.1) is 0 Å². The van der Waals surface area contributed by atoms with Gasteiger partial charge in [0.25, 0.3) is 10.1 Å². The number of hydrogen-bond donors (Lipinski definition) is 2. The van der Waals surface area contributed by atoms with Crippen LogP contribution in [0.2, 0.25) is 0 Å². The molecule has 0 aromatic carbocycles. The van der Waals surface area contributed by atoms with Crippen LogP contribution in [0.5, 0.6) is 0 Å². The van der Waals surface area contributed by atoms with E-state index in [1.165, 1.54) is 0 Å². The Morgan fingerprint density at radius 1 is 1.43 bits per heavy atom. The van der Waals surface area contributed by atoms with Gasteiger partial charge in [0.15, 0.2) is 0 Å². The number of rotatable bonds is 4. The van der Waals surface area contributed by atoms with Crippen molar-refractivity contribution in [2.45, 2.75) is 12.8 Å². The van der Waals surface area contributed by atoms with Gasteiger partial charge in [-0.2, -0.15) is 8.42 Å². The molecule has 8 nitrogen and oxygen atoms in total. The van der Waals surface area contributed by atoms with E-state index in [0.29, 0.717) is 0 Å². The third-order valence-electron chi connectivity index (χ3n) is 2.85. The minimum absolute atomic E-state index is 0.0353. The minimum Gasteiger partial charge on any atom is -0.289 e. The summed E-state index contributed by atoms with van der Waals surface area (Å²) >= 11 is 0. The highest BCUT2D eigenvalue weighted by molar-refractivity contribution is 7.85. The zero-order chi connectivity index (χ0) is 15.6. The van der Waals surface area contributed by atoms with Crippen molar-refractivity contribution < 1.29 is 27.0 Å². The van der Waals surface area contributed by atoms with Crippen molar-refractivity contribution in [2.75, 3.05) is 17.2 Å². The molecule has 0 atom stereocenters. The number of anilines is 1. The van der Waals surface area contributed by atoms with Crippen molar-refractivity contribution >= 4 is 27.7 Å². The predicted octanol–water partition coefficient (Wildman–Crippen LogP) is 0.0973. The number of halogens is 1. The van der Waals surface area contributed by atoms with Crippen LogP contribution >= 0.6 is 0 Å². The summed E-state index contributed by atoms with van der Waals surface area (Å²) in [6.45, 7) is 0.0353. The van der Waals surface area contributed by atoms with Crippen LogP contribution < -0.4 is 10.2 Å². The molecule has 0 spiro atoms. The Balaban J connectivity index is 2.16. The van der Waals surface area contributed by atoms with Gasteiger partial charge in [0.1, 0.15) is 5.82 Å². The van der Waals surface area contributed by atoms with Gasteiger partial charge in [-0.25, -0.2) is 9.18 Å². The fourth-order valence-corrected chi connectivity index (χ4v) is 2.29. The lowest BCUT2D eigenvalue weighted by atomic mass is 10.2. The molecule has 2 rings (SSSR count). The molecule has 1 aromatic heterocycles. The number of imide groups is 1. The molecular formula is C11H12FN3O5S. The molecule has 1 fully saturated rings. The Morgan fingerprint density at radius 2 is 2.14 bits per heavy atom. The lowest BCUT2D eigenvalue weighted by Gasteiger charge is -2.26. The normalized spacial score (nSPS) is 16.0. The van der Waals surface area contributed by atoms with Gasteiger partial charge < -0.3 is 0 Å². The summed E-state index contributed by atoms with van der Waals surface area (Å²) in [5.74, 6) is -1.77. The van der Waals surface area contributed by atoms with E-state index in [-0.39, 0.29) is 30.8 Å². The summed E-state index contributed by atoms with van der Waals surface area (Å²) in [6.07, 6.45) is 0.987. The van der Waals surface area contributed by atoms with E-state index in [4.69, 9.17) is 4.55 Å². The highest BCUT2D eigenvalue weighted by Crippen LogP contribution is 2.21. The Morgan fingerprint density at radius 3 is 2.71 bits per heavy atom. The van der Waals surface area contributed by atoms with Gasteiger partial charge in [0, 0.05) is 25.1 Å². The second kappa shape index (κ2) is 5.74. The third-order valence-corrected chi connectivity index (χ3v) is 3.57. The number of urea groups is 1. The van der Waals surface area contributed by atoms with Gasteiger partial charge in [0.2, 0.25) is 5.91 Å². The van der Waals surface area contributed by atoms with Crippen molar-refractivity contribution in [1.29, 1.82) is 0 Å². The highest BCUT2D eigenvalue weighted by atomic mass is 32.2. The van der Waals surface area contributed by atoms with E-state index in [0.717, 1.165) is 17.2 Å². The smallest absolute Gasteiger partial charge is 0.289 e. The molecule has 10 heteroatoms. The van der Waals surface area contributed by atoms with Gasteiger partial charge >= 0.3 is 6.03 Å². The number of carbonyl (C=O) groups excluding carboxylic acids is 2. The first-order valence-electron chi connectivity index (χ1n) is 5.97. The first-order chi connectivity index (χ1) is 9.76. The fraction of sp³-hybridized carbons (Fsp3) is 0.364. The van der Waals surface area contributed by atoms with E-state index >= 15 is 0 Å². The molecule has 0 saturated carbocycles. The molecule has 0 aliphatic carbocycles. The third kappa shape index (κ3) is 3.95. The van der Waals surface area contributed by atoms with Gasteiger partial charge in [-0.05, 0) is 6.07 Å². The number of aromatic nitrogens is 1. The summed E-state index contributed by atoms with van der Waals surface area (Å²) in [6, 6.07) is 0.252. The van der Waals surface area contributed by atoms with Gasteiger partial charge in [-0.1, -0.05) is 0 Å². The Kier molecular flexibility index (Phi) is 4.19. The maximum absolute atomic E-state index is 14.0. The molecule has 2 heterocycles. The van der Waals surface area contributed by atoms with Crippen LogP contribution in [0.25, 0.3) is 0 Å². The topological polar surface area (TPSA) is 117 Å². The Bertz CT molecular complexity index is 691. The van der Waals surface area contributed by atoms with Crippen LogP contribution in [0.1, 0.15) is 12.1 Å². The van der Waals surface area contributed by atoms with Crippen LogP contribution in [0.4, 0.5) is 14.9 Å². The first-order valence-corrected chi connectivity index (χ1v) is 7.58. The second-order valence-electron chi connectivity index (χ2n) is 4.42. The van der Waals surface area contributed by atoms with Crippen LogP contribution in [-0.2, 0) is 21.3 Å². The molecule has 3 amide bonds. The van der Waals surface area contributed by atoms with Crippen LogP contribution in [0, 0.1) is 5.82 Å². The van der Waals surface area contributed by atoms with Crippen LogP contribution in [-0.4, -0.2) is 42.2 Å². The summed E-state index contributed by atoms with van der Waals surface area (Å²) in [4.78, 5) is 27.5. The molecule has 2 N–H and O–H groups in total. The number of nitrogens with zero attached hydrogens (tertiary/aromatic N) is 2. The molecular weight excluding hydrogens is 305 g/mol. The molecule has 0 radical (unpaired) electrons. The molecule has 0 bridgehead atoms. The maximum atomic E-state index is 14.0. The van der Waals surface area contributed by atoms with Crippen molar-refractivity contribution in [3.05, 3.63) is 23.8 Å². The summed E-state index contributed by atoms with van der Waals surface area (Å²) < 4.78 is 43.8. The standard InChI is InChI=1S/C11H12FN3O5S/c12-8-5-7(2-4-21(18,19)20)13-6-9(8)15-3-1-10(16)14-11(15)17/h5-6H,1-4H2,(H,14,16,17)(H,18,19,20). The minimum atomic E-state index is -4.16. The summed E-state index contributed by atoms with van der Waals surface area (Å²) in [5, 5.41) is 2.06. The van der Waals surface area contributed by atoms with Gasteiger partial charge in [-0.3, -0.25) is 24.5 Å². The number of pyridine rings is 1. The van der Waals surface area contributed by atoms with Crippen molar-refractivity contribution in [3.8, 4) is 0 Å². The Hall–Kier alpha value is -2.07. The predicted molar refractivity (Wildman–Crippen MR) is 69.8 cm³/mol. The summed E-state index contributed by atoms with van der Waals surface area (Å²) in [7, 11) is -4.16. The number of aryl methyl sites for hydroxylation is 1. The van der Waals surface area contributed by atoms with E-state index < -0.39 is 33.6 Å². The molecule has 0 unspecified atom stereocenters. The van der Waals surface area contributed by atoms with Crippen molar-refractivity contribution in [2.24, 2.45) is 0 Å². The SMILES string of the molecule is O=C1CCN(c2cnc(CCS(=O)(=O)O)cc2F)C(=O)N1. The monoisotopic (exact) mass is 317 g/mol. The quantitative estimate of drug-likeness (QED) is 0.761. The molecule has 1 aromatic rings. The number of hydrogen-bond acceptors (Lipinski definition) is 5. The average Bonchev–Trinajstić information content (AvgIpc) is 2.37. The van der Waals surface area contributed by atoms with Gasteiger partial charge in [0.05, 0.1) is 17.6 Å². The molecule has 21 heavy (non-hydrogen) atoms. The van der Waals surface area contributed by atoms with Crippen molar-refractivity contribution in [1.82, 2.24) is 10.3 Å². The zero-order valence-corrected chi connectivity index (χ0v) is 11.6. The number of carbonyl (C=O) groups is 2. The van der Waals surface area contributed by atoms with Crippen LogP contribution in [0.3, 0.4) is 0 Å². The fourth-order valence-electron chi connectivity index (χ4n) is 1.83. The largest absolute Gasteiger partial charge is 0.328 e. The average molecular weight is 317 g/mol. The maximum Gasteiger partial charge on any atom is 0.328 e. The zero-order valence-electron chi connectivity index (χ0n) is 10.7. The number of amides is 3. The van der Waals surface area contributed by atoms with E-state index in [9.17, 15) is 22.4 Å². The van der Waals surface area contributed by atoms with E-state index in [2.05, 4.69) is 10.3 Å². The lowest BCUT2D eigenvalue weighted by molar-refractivity contribution is -0.120. The van der Waals surface area contributed by atoms with Crippen molar-refractivity contribution in [3.63, 3.8) is 0 Å². The highest BCUT2D eigenvalue weighted by Gasteiger charge is 2.26. The van der Waals surface area contributed by atoms with E-state index in [1.54, 1.807) is 0 Å². The number of nitrogens with one attached hydrogen (secondary N) is 1.